The molecule has 0 bridgehead atoms. The van der Waals surface area contributed by atoms with E-state index in [0.717, 1.165) is 11.6 Å². The topological polar surface area (TPSA) is 136 Å². The van der Waals surface area contributed by atoms with Crippen LogP contribution in [0.2, 0.25) is 0 Å². The van der Waals surface area contributed by atoms with Gasteiger partial charge in [-0.1, -0.05) is 60.7 Å². The Morgan fingerprint density at radius 3 is 2.44 bits per heavy atom. The molecule has 3 atom stereocenters. The molecule has 1 amide bonds. The summed E-state index contributed by atoms with van der Waals surface area (Å²) in [4.78, 5) is 27.0. The van der Waals surface area contributed by atoms with Crippen molar-refractivity contribution in [2.24, 2.45) is 0 Å². The average Bonchev–Trinajstić information content (AvgIpc) is 3.15. The molecule has 1 fully saturated rings. The smallest absolute Gasteiger partial charge is 0.410 e. The standard InChI is InChI=1S/C37H35F3N6O5S/c1-23-18-31(45-52(48,49)24(2)26-12-7-4-8-13-26)32(39)33(40)34(23)51-35-29(14-9-16-41-35)30-15-17-42-36(44-30)43-28-19-27(38)20-46(21-28)37(47)50-22-25-10-5-3-6-11-25/h3-18,24,27-28,45H,19-22H2,1-2H3,(H,42,43,44)/t24?,27-,28-/m0/s1. The molecule has 3 heterocycles. The number of likely N-dealkylation sites (tertiary alicyclic amines) is 1. The van der Waals surface area contributed by atoms with Gasteiger partial charge < -0.3 is 19.7 Å². The lowest BCUT2D eigenvalue weighted by Gasteiger charge is -2.34. The molecule has 11 nitrogen and oxygen atoms in total. The number of rotatable bonds is 11. The molecule has 0 radical (unpaired) electrons. The van der Waals surface area contributed by atoms with E-state index < -0.39 is 56.7 Å². The summed E-state index contributed by atoms with van der Waals surface area (Å²) >= 11 is 0. The highest BCUT2D eigenvalue weighted by molar-refractivity contribution is 7.92. The number of nitrogens with zero attached hydrogens (tertiary/aromatic N) is 4. The first-order valence-corrected chi connectivity index (χ1v) is 17.9. The Morgan fingerprint density at radius 1 is 0.962 bits per heavy atom. The van der Waals surface area contributed by atoms with Crippen LogP contribution in [-0.2, 0) is 21.4 Å². The number of carbonyl (C=O) groups is 1. The van der Waals surface area contributed by atoms with Crippen molar-refractivity contribution in [3.8, 4) is 22.9 Å². The van der Waals surface area contributed by atoms with Crippen LogP contribution in [0, 0.1) is 18.6 Å². The SMILES string of the molecule is Cc1cc(NS(=O)(=O)C(C)c2ccccc2)c(F)c(F)c1Oc1ncccc1-c1ccnc(N[C@H]2C[C@H](F)CN(C(=O)OCc3ccccc3)C2)n1. The van der Waals surface area contributed by atoms with E-state index in [9.17, 15) is 17.6 Å². The third-order valence-corrected chi connectivity index (χ3v) is 10.1. The van der Waals surface area contributed by atoms with E-state index in [2.05, 4.69) is 25.0 Å². The van der Waals surface area contributed by atoms with E-state index in [4.69, 9.17) is 9.47 Å². The highest BCUT2D eigenvalue weighted by atomic mass is 32.2. The number of carbonyl (C=O) groups excluding carboxylic acids is 1. The van der Waals surface area contributed by atoms with Gasteiger partial charge in [-0.15, -0.1) is 0 Å². The Labute approximate surface area is 298 Å². The molecule has 1 saturated heterocycles. The Bertz CT molecular complexity index is 2150. The number of benzene rings is 3. The fourth-order valence-corrected chi connectivity index (χ4v) is 6.85. The first-order chi connectivity index (χ1) is 25.0. The predicted octanol–water partition coefficient (Wildman–Crippen LogP) is 7.58. The quantitative estimate of drug-likeness (QED) is 0.141. The van der Waals surface area contributed by atoms with Crippen molar-refractivity contribution < 1.29 is 35.9 Å². The first-order valence-electron chi connectivity index (χ1n) is 16.4. The van der Waals surface area contributed by atoms with E-state index in [0.29, 0.717) is 16.8 Å². The molecule has 3 aromatic carbocycles. The van der Waals surface area contributed by atoms with Crippen molar-refractivity contribution in [3.63, 3.8) is 0 Å². The first kappa shape index (κ1) is 36.1. The summed E-state index contributed by atoms with van der Waals surface area (Å²) in [6.07, 6.45) is 0.982. The van der Waals surface area contributed by atoms with E-state index in [1.54, 1.807) is 48.5 Å². The van der Waals surface area contributed by atoms with Crippen LogP contribution in [0.5, 0.6) is 11.6 Å². The van der Waals surface area contributed by atoms with Crippen molar-refractivity contribution in [1.82, 2.24) is 19.9 Å². The van der Waals surface area contributed by atoms with Crippen molar-refractivity contribution in [1.29, 1.82) is 0 Å². The minimum atomic E-state index is -4.15. The number of hydrogen-bond donors (Lipinski definition) is 2. The number of pyridine rings is 1. The lowest BCUT2D eigenvalue weighted by atomic mass is 10.0. The van der Waals surface area contributed by atoms with Crippen LogP contribution >= 0.6 is 0 Å². The Hall–Kier alpha value is -5.70. The molecule has 15 heteroatoms. The average molecular weight is 733 g/mol. The molecule has 270 valence electrons. The Kier molecular flexibility index (Phi) is 10.9. The molecule has 0 saturated carbocycles. The van der Waals surface area contributed by atoms with Gasteiger partial charge in [0.2, 0.25) is 27.7 Å². The highest BCUT2D eigenvalue weighted by Gasteiger charge is 2.32. The van der Waals surface area contributed by atoms with Crippen molar-refractivity contribution >= 4 is 27.8 Å². The zero-order chi connectivity index (χ0) is 36.8. The highest BCUT2D eigenvalue weighted by Crippen LogP contribution is 2.37. The molecule has 1 aliphatic rings. The van der Waals surface area contributed by atoms with Gasteiger partial charge in [0.1, 0.15) is 18.0 Å². The van der Waals surface area contributed by atoms with Crippen LogP contribution in [0.25, 0.3) is 11.3 Å². The van der Waals surface area contributed by atoms with Crippen molar-refractivity contribution in [3.05, 3.63) is 126 Å². The van der Waals surface area contributed by atoms with Crippen LogP contribution < -0.4 is 14.8 Å². The molecule has 52 heavy (non-hydrogen) atoms. The van der Waals surface area contributed by atoms with Crippen LogP contribution in [0.4, 0.5) is 29.6 Å². The second-order valence-corrected chi connectivity index (χ2v) is 14.2. The zero-order valence-electron chi connectivity index (χ0n) is 28.2. The number of anilines is 2. The largest absolute Gasteiger partial charge is 0.445 e. The van der Waals surface area contributed by atoms with Crippen molar-refractivity contribution in [2.75, 3.05) is 23.1 Å². The fourth-order valence-electron chi connectivity index (χ4n) is 5.71. The maximum absolute atomic E-state index is 15.6. The minimum Gasteiger partial charge on any atom is -0.445 e. The van der Waals surface area contributed by atoms with Gasteiger partial charge in [0.05, 0.1) is 23.5 Å². The van der Waals surface area contributed by atoms with Gasteiger partial charge in [0.25, 0.3) is 0 Å². The molecule has 1 aliphatic heterocycles. The summed E-state index contributed by atoms with van der Waals surface area (Å²) < 4.78 is 85.2. The number of sulfonamides is 1. The molecular weight excluding hydrogens is 698 g/mol. The maximum Gasteiger partial charge on any atom is 0.410 e. The maximum atomic E-state index is 15.6. The molecule has 2 aromatic heterocycles. The summed E-state index contributed by atoms with van der Waals surface area (Å²) in [6.45, 7) is 2.97. The van der Waals surface area contributed by atoms with Crippen LogP contribution in [-0.4, -0.2) is 59.7 Å². The zero-order valence-corrected chi connectivity index (χ0v) is 29.0. The molecule has 5 aromatic rings. The Morgan fingerprint density at radius 2 is 1.69 bits per heavy atom. The number of piperidine rings is 1. The summed E-state index contributed by atoms with van der Waals surface area (Å²) in [5.41, 5.74) is 1.40. The Balaban J connectivity index is 1.17. The summed E-state index contributed by atoms with van der Waals surface area (Å²) in [5, 5.41) is 2.03. The van der Waals surface area contributed by atoms with E-state index in [1.165, 1.54) is 31.1 Å². The van der Waals surface area contributed by atoms with Gasteiger partial charge in [-0.3, -0.25) is 4.72 Å². The summed E-state index contributed by atoms with van der Waals surface area (Å²) in [5.74, 6) is -3.37. The second kappa shape index (κ2) is 15.7. The summed E-state index contributed by atoms with van der Waals surface area (Å²) in [7, 11) is -4.15. The normalized spacial score (nSPS) is 16.5. The predicted molar refractivity (Wildman–Crippen MR) is 189 cm³/mol. The molecule has 2 N–H and O–H groups in total. The number of hydrogen-bond acceptors (Lipinski definition) is 9. The third-order valence-electron chi connectivity index (χ3n) is 8.43. The third kappa shape index (κ3) is 8.42. The molecule has 6 rings (SSSR count). The number of ether oxygens (including phenoxy) is 2. The second-order valence-electron chi connectivity index (χ2n) is 12.2. The van der Waals surface area contributed by atoms with Gasteiger partial charge in [0, 0.05) is 31.4 Å². The molecule has 0 aliphatic carbocycles. The van der Waals surface area contributed by atoms with E-state index in [-0.39, 0.29) is 43.5 Å². The number of amides is 1. The number of alkyl halides is 1. The number of aryl methyl sites for hydroxylation is 1. The molecular formula is C37H35F3N6O5S. The molecule has 1 unspecified atom stereocenters. The van der Waals surface area contributed by atoms with Gasteiger partial charge in [-0.25, -0.2) is 36.9 Å². The van der Waals surface area contributed by atoms with E-state index >= 15 is 8.78 Å². The van der Waals surface area contributed by atoms with Crippen LogP contribution in [0.3, 0.4) is 0 Å². The van der Waals surface area contributed by atoms with Gasteiger partial charge >= 0.3 is 6.09 Å². The number of aromatic nitrogens is 3. The number of halogens is 3. The van der Waals surface area contributed by atoms with Gasteiger partial charge in [0.15, 0.2) is 11.6 Å². The van der Waals surface area contributed by atoms with Gasteiger partial charge in [-0.05, 0) is 54.8 Å². The minimum absolute atomic E-state index is 0.0545. The fraction of sp³-hybridized carbons (Fsp3) is 0.243. The van der Waals surface area contributed by atoms with Crippen LogP contribution in [0.15, 0.2) is 97.3 Å². The van der Waals surface area contributed by atoms with Gasteiger partial charge in [-0.2, -0.15) is 4.39 Å². The van der Waals surface area contributed by atoms with E-state index in [1.807, 2.05) is 30.3 Å². The molecule has 0 spiro atoms. The summed E-state index contributed by atoms with van der Waals surface area (Å²) in [6, 6.07) is 22.9. The van der Waals surface area contributed by atoms with Crippen LogP contribution in [0.1, 0.15) is 35.3 Å². The number of nitrogens with one attached hydrogen (secondary N) is 2. The van der Waals surface area contributed by atoms with Crippen molar-refractivity contribution in [2.45, 2.75) is 44.3 Å². The monoisotopic (exact) mass is 732 g/mol. The lowest BCUT2D eigenvalue weighted by Crippen LogP contribution is -2.50. The lowest BCUT2D eigenvalue weighted by molar-refractivity contribution is 0.0685.